The Labute approximate surface area is 252 Å². The Kier molecular flexibility index (Phi) is 6.47. The van der Waals surface area contributed by atoms with Gasteiger partial charge in [0.1, 0.15) is 5.82 Å². The Morgan fingerprint density at radius 3 is 2.39 bits per heavy atom. The molecule has 13 nitrogen and oxygen atoms in total. The van der Waals surface area contributed by atoms with Crippen molar-refractivity contribution in [3.63, 3.8) is 0 Å². The Bertz CT molecular complexity index is 1820. The molecule has 0 saturated carbocycles. The fourth-order valence-electron chi connectivity index (χ4n) is 6.05. The zero-order valence-corrected chi connectivity index (χ0v) is 24.2. The maximum Gasteiger partial charge on any atom is 0.335 e. The van der Waals surface area contributed by atoms with Crippen LogP contribution in [0.1, 0.15) is 29.1 Å². The Balaban J connectivity index is 1.24. The number of nitrogens with zero attached hydrogens (tertiary/aromatic N) is 8. The highest BCUT2D eigenvalue weighted by Crippen LogP contribution is 2.42. The van der Waals surface area contributed by atoms with E-state index in [0.29, 0.717) is 55.0 Å². The number of carboxylic acid groups (broad SMARTS) is 1. The van der Waals surface area contributed by atoms with Gasteiger partial charge in [0.2, 0.25) is 5.82 Å². The average Bonchev–Trinajstić information content (AvgIpc) is 3.84. The standard InChI is InChI=1S/C31H31N9O4/c1-31(21-7-4-3-5-8-21,29(43)38-16-14-37(15-17-38)22-12-10-20(11-13-22)28(41)42)40-27-23(19-33-40)26-34-25(24-9-6-18-44-24)35-39(26)30(32)36(27)2/h3-13,18-19,30H,14-17,32H2,1-2H3,(H,41,42). The molecule has 5 aromatic rings. The lowest BCUT2D eigenvalue weighted by molar-refractivity contribution is -0.138. The molecule has 0 aliphatic carbocycles. The quantitative estimate of drug-likeness (QED) is 0.300. The summed E-state index contributed by atoms with van der Waals surface area (Å²) in [4.78, 5) is 36.5. The number of carbonyl (C=O) groups excluding carboxylic acids is 1. The lowest BCUT2D eigenvalue weighted by Crippen LogP contribution is -2.57. The number of aromatic carboxylic acids is 1. The number of amides is 1. The summed E-state index contributed by atoms with van der Waals surface area (Å²) in [5, 5.41) is 18.7. The predicted molar refractivity (Wildman–Crippen MR) is 162 cm³/mol. The lowest BCUT2D eigenvalue weighted by atomic mass is 9.89. The van der Waals surface area contributed by atoms with Gasteiger partial charge in [-0.15, -0.1) is 5.10 Å². The molecule has 2 unspecified atom stereocenters. The minimum Gasteiger partial charge on any atom is -0.478 e. The molecule has 1 fully saturated rings. The number of piperazine rings is 1. The monoisotopic (exact) mass is 593 g/mol. The molecule has 13 heteroatoms. The molecule has 2 aliphatic rings. The Morgan fingerprint density at radius 2 is 1.73 bits per heavy atom. The van der Waals surface area contributed by atoms with Crippen molar-refractivity contribution in [2.75, 3.05) is 43.0 Å². The van der Waals surface area contributed by atoms with E-state index in [1.807, 2.05) is 54.1 Å². The van der Waals surface area contributed by atoms with E-state index in [1.165, 1.54) is 0 Å². The zero-order chi connectivity index (χ0) is 30.6. The van der Waals surface area contributed by atoms with Crippen molar-refractivity contribution in [1.29, 1.82) is 0 Å². The van der Waals surface area contributed by atoms with Gasteiger partial charge in [-0.2, -0.15) is 5.10 Å². The summed E-state index contributed by atoms with van der Waals surface area (Å²) < 4.78 is 8.91. The summed E-state index contributed by atoms with van der Waals surface area (Å²) in [5.74, 6) is 1.07. The number of aromatic nitrogens is 5. The van der Waals surface area contributed by atoms with Gasteiger partial charge in [-0.3, -0.25) is 10.5 Å². The van der Waals surface area contributed by atoms with Crippen LogP contribution in [0.15, 0.2) is 83.6 Å². The second-order valence-electron chi connectivity index (χ2n) is 11.1. The summed E-state index contributed by atoms with van der Waals surface area (Å²) >= 11 is 0. The fraction of sp³-hybridized carbons (Fsp3) is 0.258. The molecule has 224 valence electrons. The molecule has 3 aromatic heterocycles. The van der Waals surface area contributed by atoms with Gasteiger partial charge in [0.25, 0.3) is 5.91 Å². The number of rotatable bonds is 6. The molecule has 2 aromatic carbocycles. The predicted octanol–water partition coefficient (Wildman–Crippen LogP) is 3.08. The van der Waals surface area contributed by atoms with Crippen LogP contribution in [0.3, 0.4) is 0 Å². The highest BCUT2D eigenvalue weighted by Gasteiger charge is 2.46. The van der Waals surface area contributed by atoms with Crippen LogP contribution in [0.25, 0.3) is 23.0 Å². The van der Waals surface area contributed by atoms with Gasteiger partial charge in [-0.1, -0.05) is 30.3 Å². The molecule has 2 atom stereocenters. The fourth-order valence-corrected chi connectivity index (χ4v) is 6.05. The molecule has 0 radical (unpaired) electrons. The third-order valence-corrected chi connectivity index (χ3v) is 8.56. The van der Waals surface area contributed by atoms with Gasteiger partial charge in [0.15, 0.2) is 23.4 Å². The van der Waals surface area contributed by atoms with E-state index >= 15 is 0 Å². The van der Waals surface area contributed by atoms with Crippen molar-refractivity contribution in [2.24, 2.45) is 5.73 Å². The summed E-state index contributed by atoms with van der Waals surface area (Å²) in [6, 6.07) is 20.0. The van der Waals surface area contributed by atoms with Gasteiger partial charge in [-0.25, -0.2) is 19.1 Å². The summed E-state index contributed by atoms with van der Waals surface area (Å²) in [7, 11) is 1.85. The van der Waals surface area contributed by atoms with Crippen LogP contribution in [0.5, 0.6) is 0 Å². The highest BCUT2D eigenvalue weighted by atomic mass is 16.4. The Hall–Kier alpha value is -5.43. The first-order valence-corrected chi connectivity index (χ1v) is 14.3. The minimum atomic E-state index is -1.21. The van der Waals surface area contributed by atoms with Gasteiger partial charge in [-0.05, 0) is 48.9 Å². The second-order valence-corrected chi connectivity index (χ2v) is 11.1. The lowest BCUT2D eigenvalue weighted by Gasteiger charge is -2.42. The number of carbonyl (C=O) groups is 2. The van der Waals surface area contributed by atoms with E-state index in [0.717, 1.165) is 11.3 Å². The normalized spacial score (nSPS) is 17.6. The molecule has 44 heavy (non-hydrogen) atoms. The van der Waals surface area contributed by atoms with Gasteiger partial charge >= 0.3 is 5.97 Å². The molecule has 0 bridgehead atoms. The number of hydrogen-bond acceptors (Lipinski definition) is 9. The van der Waals surface area contributed by atoms with Crippen LogP contribution in [0, 0.1) is 0 Å². The maximum absolute atomic E-state index is 14.6. The number of nitrogens with two attached hydrogens (primary N) is 1. The topological polar surface area (TPSA) is 152 Å². The largest absolute Gasteiger partial charge is 0.478 e. The van der Waals surface area contributed by atoms with E-state index in [9.17, 15) is 14.7 Å². The van der Waals surface area contributed by atoms with E-state index < -0.39 is 17.8 Å². The van der Waals surface area contributed by atoms with Crippen LogP contribution < -0.4 is 15.5 Å². The first-order valence-electron chi connectivity index (χ1n) is 14.3. The van der Waals surface area contributed by atoms with Crippen molar-refractivity contribution in [3.05, 3.63) is 90.3 Å². The average molecular weight is 594 g/mol. The number of carboxylic acids is 1. The van der Waals surface area contributed by atoms with Crippen molar-refractivity contribution >= 4 is 23.4 Å². The highest BCUT2D eigenvalue weighted by molar-refractivity contribution is 5.90. The molecule has 5 heterocycles. The molecule has 3 N–H and O–H groups in total. The Morgan fingerprint density at radius 1 is 1.00 bits per heavy atom. The molecule has 0 spiro atoms. The van der Waals surface area contributed by atoms with Gasteiger partial charge < -0.3 is 24.2 Å². The number of fused-ring (bicyclic) bond motifs is 3. The molecular weight excluding hydrogens is 562 g/mol. The maximum atomic E-state index is 14.6. The first kappa shape index (κ1) is 27.4. The van der Waals surface area contributed by atoms with Crippen molar-refractivity contribution < 1.29 is 19.1 Å². The molecule has 2 aliphatic heterocycles. The van der Waals surface area contributed by atoms with E-state index in [-0.39, 0.29) is 11.5 Å². The molecule has 1 saturated heterocycles. The number of hydrogen-bond donors (Lipinski definition) is 2. The third-order valence-electron chi connectivity index (χ3n) is 8.56. The molecule has 1 amide bonds. The van der Waals surface area contributed by atoms with Crippen molar-refractivity contribution in [1.82, 2.24) is 29.4 Å². The summed E-state index contributed by atoms with van der Waals surface area (Å²) in [5.41, 5.74) is 8.11. The number of furan rings is 1. The van der Waals surface area contributed by atoms with Crippen molar-refractivity contribution in [3.8, 4) is 23.0 Å². The summed E-state index contributed by atoms with van der Waals surface area (Å²) in [6.45, 7) is 4.07. The number of anilines is 2. The zero-order valence-electron chi connectivity index (χ0n) is 24.2. The van der Waals surface area contributed by atoms with Gasteiger partial charge in [0, 0.05) is 38.9 Å². The second kappa shape index (κ2) is 10.4. The van der Waals surface area contributed by atoms with Crippen LogP contribution in [-0.4, -0.2) is 79.7 Å². The van der Waals surface area contributed by atoms with Gasteiger partial charge in [0.05, 0.1) is 23.6 Å². The number of benzene rings is 2. The minimum absolute atomic E-state index is 0.0965. The summed E-state index contributed by atoms with van der Waals surface area (Å²) in [6.07, 6.45) is 2.57. The van der Waals surface area contributed by atoms with Crippen LogP contribution in [-0.2, 0) is 10.3 Å². The van der Waals surface area contributed by atoms with Crippen LogP contribution >= 0.6 is 0 Å². The molecular formula is C31H31N9O4. The van der Waals surface area contributed by atoms with E-state index in [2.05, 4.69) is 10.00 Å². The SMILES string of the molecule is CN1c2c(cnn2C(C)(C(=O)N2CCN(c3ccc(C(=O)O)cc3)CC2)c2ccccc2)-c2nc(-c3ccco3)nn2C1N. The van der Waals surface area contributed by atoms with Crippen LogP contribution in [0.2, 0.25) is 0 Å². The van der Waals surface area contributed by atoms with E-state index in [1.54, 1.807) is 58.2 Å². The molecule has 7 rings (SSSR count). The first-order chi connectivity index (χ1) is 21.3. The third kappa shape index (κ3) is 4.23. The van der Waals surface area contributed by atoms with Crippen LogP contribution in [0.4, 0.5) is 11.5 Å². The smallest absolute Gasteiger partial charge is 0.335 e. The van der Waals surface area contributed by atoms with Crippen molar-refractivity contribution in [2.45, 2.75) is 18.8 Å². The van der Waals surface area contributed by atoms with E-state index in [4.69, 9.17) is 20.2 Å².